The van der Waals surface area contributed by atoms with Gasteiger partial charge >= 0.3 is 0 Å². The van der Waals surface area contributed by atoms with Gasteiger partial charge in [0.25, 0.3) is 0 Å². The molecule has 3 atom stereocenters. The van der Waals surface area contributed by atoms with Crippen molar-refractivity contribution in [3.63, 3.8) is 0 Å². The van der Waals surface area contributed by atoms with Crippen molar-refractivity contribution < 1.29 is 0 Å². The maximum atomic E-state index is 8.61. The molecular formula is C32H42N4. The topological polar surface area (TPSA) is 52.0 Å². The molecule has 0 radical (unpaired) electrons. The van der Waals surface area contributed by atoms with Crippen LogP contribution in [0.2, 0.25) is 0 Å². The van der Waals surface area contributed by atoms with E-state index >= 15 is 0 Å². The van der Waals surface area contributed by atoms with Gasteiger partial charge in [-0.15, -0.1) is 0 Å². The minimum Gasteiger partial charge on any atom is -0.291 e. The second-order valence-electron chi connectivity index (χ2n) is 11.3. The molecule has 0 fully saturated rings. The van der Waals surface area contributed by atoms with Crippen molar-refractivity contribution in [1.82, 2.24) is 4.90 Å². The van der Waals surface area contributed by atoms with E-state index in [4.69, 9.17) is 5.53 Å². The van der Waals surface area contributed by atoms with E-state index in [1.807, 2.05) is 0 Å². The van der Waals surface area contributed by atoms with Crippen LogP contribution < -0.4 is 0 Å². The molecule has 0 amide bonds. The second kappa shape index (κ2) is 12.8. The van der Waals surface area contributed by atoms with Crippen LogP contribution in [0, 0.1) is 5.92 Å². The van der Waals surface area contributed by atoms with Crippen LogP contribution in [0.5, 0.6) is 0 Å². The lowest BCUT2D eigenvalue weighted by Crippen LogP contribution is -2.47. The first-order valence-electron chi connectivity index (χ1n) is 13.2. The van der Waals surface area contributed by atoms with E-state index in [1.54, 1.807) is 0 Å². The van der Waals surface area contributed by atoms with E-state index in [1.165, 1.54) is 16.7 Å². The van der Waals surface area contributed by atoms with Gasteiger partial charge in [0.2, 0.25) is 0 Å². The molecule has 3 aromatic carbocycles. The van der Waals surface area contributed by atoms with Crippen LogP contribution in [0.1, 0.15) is 88.1 Å². The Hall–Kier alpha value is -3.07. The molecule has 0 aromatic heterocycles. The number of hydrogen-bond acceptors (Lipinski definition) is 2. The van der Waals surface area contributed by atoms with Gasteiger partial charge < -0.3 is 0 Å². The normalized spacial score (nSPS) is 14.3. The number of benzene rings is 3. The Labute approximate surface area is 218 Å². The quantitative estimate of drug-likeness (QED) is 0.153. The zero-order valence-electron chi connectivity index (χ0n) is 22.8. The van der Waals surface area contributed by atoms with Crippen LogP contribution in [0.25, 0.3) is 10.4 Å². The smallest absolute Gasteiger partial charge is 0.0510 e. The lowest BCUT2D eigenvalue weighted by molar-refractivity contribution is 0.0472. The van der Waals surface area contributed by atoms with Gasteiger partial charge in [-0.25, -0.2) is 0 Å². The molecule has 3 unspecified atom stereocenters. The van der Waals surface area contributed by atoms with E-state index in [2.05, 4.69) is 141 Å². The minimum atomic E-state index is 0.0178. The van der Waals surface area contributed by atoms with Gasteiger partial charge in [0.1, 0.15) is 0 Å². The van der Waals surface area contributed by atoms with Gasteiger partial charge in [-0.3, -0.25) is 4.90 Å². The molecule has 4 nitrogen and oxygen atoms in total. The molecule has 0 aliphatic carbocycles. The van der Waals surface area contributed by atoms with Gasteiger partial charge in [-0.05, 0) is 72.7 Å². The highest BCUT2D eigenvalue weighted by Gasteiger charge is 2.34. The van der Waals surface area contributed by atoms with Gasteiger partial charge in [-0.2, -0.15) is 0 Å². The summed E-state index contributed by atoms with van der Waals surface area (Å²) >= 11 is 0. The first kappa shape index (κ1) is 27.5. The molecule has 0 aliphatic rings. The van der Waals surface area contributed by atoms with Crippen molar-refractivity contribution in [2.45, 2.75) is 77.9 Å². The lowest BCUT2D eigenvalue weighted by Gasteiger charge is -2.46. The van der Waals surface area contributed by atoms with E-state index < -0.39 is 0 Å². The Morgan fingerprint density at radius 1 is 0.778 bits per heavy atom. The van der Waals surface area contributed by atoms with Gasteiger partial charge in [0.05, 0.1) is 6.54 Å². The molecule has 0 spiro atoms. The van der Waals surface area contributed by atoms with Crippen LogP contribution in [0.4, 0.5) is 0 Å². The average Bonchev–Trinajstić information content (AvgIpc) is 2.87. The fourth-order valence-corrected chi connectivity index (χ4v) is 5.29. The third-order valence-corrected chi connectivity index (χ3v) is 7.16. The highest BCUT2D eigenvalue weighted by atomic mass is 15.2. The summed E-state index contributed by atoms with van der Waals surface area (Å²) in [6.07, 6.45) is 1.06. The highest BCUT2D eigenvalue weighted by molar-refractivity contribution is 5.27. The molecule has 3 rings (SSSR count). The molecule has 0 aliphatic heterocycles. The third-order valence-electron chi connectivity index (χ3n) is 7.16. The average molecular weight is 483 g/mol. The molecule has 4 heteroatoms. The van der Waals surface area contributed by atoms with Gasteiger partial charge in [0.15, 0.2) is 0 Å². The van der Waals surface area contributed by atoms with Crippen molar-refractivity contribution in [2.24, 2.45) is 11.0 Å². The molecule has 0 N–H and O–H groups in total. The van der Waals surface area contributed by atoms with E-state index in [-0.39, 0.29) is 5.54 Å². The SMILES string of the molecule is CC(CC(CN(C(c1ccccc1)C(C)C)C(C)(C)C)c1ccccc1)c1ccc(CN=[N+]=[N-])cc1. The highest BCUT2D eigenvalue weighted by Crippen LogP contribution is 2.38. The summed E-state index contributed by atoms with van der Waals surface area (Å²) in [6, 6.07) is 30.9. The summed E-state index contributed by atoms with van der Waals surface area (Å²) in [5.41, 5.74) is 13.8. The molecule has 190 valence electrons. The van der Waals surface area contributed by atoms with E-state index in [9.17, 15) is 0 Å². The van der Waals surface area contributed by atoms with Crippen LogP contribution >= 0.6 is 0 Å². The molecular weight excluding hydrogens is 440 g/mol. The predicted molar refractivity (Wildman–Crippen MR) is 152 cm³/mol. The summed E-state index contributed by atoms with van der Waals surface area (Å²) < 4.78 is 0. The second-order valence-corrected chi connectivity index (χ2v) is 11.3. The minimum absolute atomic E-state index is 0.0178. The Balaban J connectivity index is 1.92. The van der Waals surface area contributed by atoms with Crippen molar-refractivity contribution >= 4 is 0 Å². The molecule has 0 saturated carbocycles. The van der Waals surface area contributed by atoms with Crippen molar-refractivity contribution in [2.75, 3.05) is 6.54 Å². The van der Waals surface area contributed by atoms with Crippen LogP contribution in [-0.4, -0.2) is 17.0 Å². The summed E-state index contributed by atoms with van der Waals surface area (Å²) in [7, 11) is 0. The van der Waals surface area contributed by atoms with Crippen molar-refractivity contribution in [3.8, 4) is 0 Å². The lowest BCUT2D eigenvalue weighted by atomic mass is 9.83. The van der Waals surface area contributed by atoms with Crippen molar-refractivity contribution in [1.29, 1.82) is 0 Å². The Morgan fingerprint density at radius 2 is 1.33 bits per heavy atom. The maximum Gasteiger partial charge on any atom is 0.0510 e. The zero-order valence-corrected chi connectivity index (χ0v) is 22.8. The number of hydrogen-bond donors (Lipinski definition) is 0. The summed E-state index contributed by atoms with van der Waals surface area (Å²) in [6.45, 7) is 15.4. The first-order chi connectivity index (χ1) is 17.2. The number of azide groups is 1. The first-order valence-corrected chi connectivity index (χ1v) is 13.2. The third kappa shape index (κ3) is 7.46. The van der Waals surface area contributed by atoms with Crippen molar-refractivity contribution in [3.05, 3.63) is 118 Å². The fraction of sp³-hybridized carbons (Fsp3) is 0.438. The molecule has 3 aromatic rings. The Bertz CT molecular complexity index is 1090. The van der Waals surface area contributed by atoms with Crippen LogP contribution in [0.15, 0.2) is 90.0 Å². The molecule has 0 heterocycles. The number of nitrogens with zero attached hydrogens (tertiary/aromatic N) is 4. The fourth-order valence-electron chi connectivity index (χ4n) is 5.29. The van der Waals surface area contributed by atoms with E-state index in [0.29, 0.717) is 30.3 Å². The standard InChI is InChI=1S/C32H42N4/c1-24(2)31(29-15-11-8-12-16-29)36(32(4,5)6)23-30(28-13-9-7-10-14-28)21-25(3)27-19-17-26(18-20-27)22-34-35-33/h7-20,24-25,30-31H,21-23H2,1-6H3. The van der Waals surface area contributed by atoms with Gasteiger partial charge in [0, 0.05) is 23.0 Å². The molecule has 36 heavy (non-hydrogen) atoms. The van der Waals surface area contributed by atoms with Crippen LogP contribution in [0.3, 0.4) is 0 Å². The molecule has 0 saturated heterocycles. The Morgan fingerprint density at radius 3 is 1.83 bits per heavy atom. The zero-order chi connectivity index (χ0) is 26.1. The van der Waals surface area contributed by atoms with Gasteiger partial charge in [-0.1, -0.05) is 111 Å². The maximum absolute atomic E-state index is 8.61. The number of rotatable bonds is 11. The van der Waals surface area contributed by atoms with E-state index in [0.717, 1.165) is 18.5 Å². The Kier molecular flexibility index (Phi) is 9.75. The summed E-state index contributed by atoms with van der Waals surface area (Å²) in [5, 5.41) is 3.69. The van der Waals surface area contributed by atoms with Crippen LogP contribution in [-0.2, 0) is 6.54 Å². The molecule has 0 bridgehead atoms. The predicted octanol–water partition coefficient (Wildman–Crippen LogP) is 9.27. The largest absolute Gasteiger partial charge is 0.291 e. The summed E-state index contributed by atoms with van der Waals surface area (Å²) in [5.74, 6) is 1.29. The summed E-state index contributed by atoms with van der Waals surface area (Å²) in [4.78, 5) is 5.60. The monoisotopic (exact) mass is 482 g/mol.